The predicted octanol–water partition coefficient (Wildman–Crippen LogP) is 3.62. The van der Waals surface area contributed by atoms with Crippen molar-refractivity contribution in [1.29, 1.82) is 0 Å². The molecule has 0 aliphatic heterocycles. The Labute approximate surface area is 115 Å². The Morgan fingerprint density at radius 2 is 2.17 bits per heavy atom. The highest BCUT2D eigenvalue weighted by Gasteiger charge is 2.15. The molecule has 18 heavy (non-hydrogen) atoms. The number of hydrogen-bond donors (Lipinski definition) is 2. The van der Waals surface area contributed by atoms with E-state index in [1.54, 1.807) is 0 Å². The standard InChI is InChI=1S/C14H18BrNO2/c1-3-12(8-17)16-9(2)14-7-10-6-11(15)4-5-13(10)18-14/h4-7,9,12,16-17H,3,8H2,1-2H3/t9?,12-/m1/s1. The zero-order chi connectivity index (χ0) is 13.1. The van der Waals surface area contributed by atoms with E-state index < -0.39 is 0 Å². The summed E-state index contributed by atoms with van der Waals surface area (Å²) in [6.07, 6.45) is 0.895. The fraction of sp³-hybridized carbons (Fsp3) is 0.429. The third-order valence-corrected chi connectivity index (χ3v) is 3.62. The van der Waals surface area contributed by atoms with Gasteiger partial charge in [0.05, 0.1) is 12.6 Å². The minimum atomic E-state index is 0.0910. The summed E-state index contributed by atoms with van der Waals surface area (Å²) in [7, 11) is 0. The summed E-state index contributed by atoms with van der Waals surface area (Å²) in [6, 6.07) is 8.21. The molecule has 0 amide bonds. The van der Waals surface area contributed by atoms with E-state index in [9.17, 15) is 5.11 Å². The number of aliphatic hydroxyl groups excluding tert-OH is 1. The minimum Gasteiger partial charge on any atom is -0.459 e. The molecule has 0 saturated carbocycles. The van der Waals surface area contributed by atoms with Gasteiger partial charge in [-0.2, -0.15) is 0 Å². The Hall–Kier alpha value is -0.840. The molecular formula is C14H18BrNO2. The second-order valence-corrected chi connectivity index (χ2v) is 5.42. The van der Waals surface area contributed by atoms with Crippen LogP contribution in [0.25, 0.3) is 11.0 Å². The summed E-state index contributed by atoms with van der Waals surface area (Å²) >= 11 is 3.45. The number of nitrogens with one attached hydrogen (secondary N) is 1. The molecule has 4 heteroatoms. The number of fused-ring (bicyclic) bond motifs is 1. The van der Waals surface area contributed by atoms with Crippen LogP contribution in [0.1, 0.15) is 32.1 Å². The Morgan fingerprint density at radius 1 is 1.39 bits per heavy atom. The quantitative estimate of drug-likeness (QED) is 0.886. The van der Waals surface area contributed by atoms with Crippen molar-refractivity contribution in [3.63, 3.8) is 0 Å². The van der Waals surface area contributed by atoms with Gasteiger partial charge in [-0.1, -0.05) is 22.9 Å². The number of halogens is 1. The first-order valence-corrected chi connectivity index (χ1v) is 6.99. The molecule has 1 aromatic heterocycles. The predicted molar refractivity (Wildman–Crippen MR) is 76.6 cm³/mol. The first kappa shape index (κ1) is 13.6. The van der Waals surface area contributed by atoms with E-state index in [1.807, 2.05) is 31.2 Å². The third kappa shape index (κ3) is 2.94. The molecule has 0 fully saturated rings. The fourth-order valence-corrected chi connectivity index (χ4v) is 2.36. The van der Waals surface area contributed by atoms with Gasteiger partial charge in [-0.15, -0.1) is 0 Å². The largest absolute Gasteiger partial charge is 0.459 e. The monoisotopic (exact) mass is 311 g/mol. The maximum absolute atomic E-state index is 9.20. The molecule has 0 saturated heterocycles. The lowest BCUT2D eigenvalue weighted by molar-refractivity contribution is 0.226. The molecule has 0 aliphatic carbocycles. The lowest BCUT2D eigenvalue weighted by Crippen LogP contribution is -2.33. The number of aliphatic hydroxyl groups is 1. The summed E-state index contributed by atoms with van der Waals surface area (Å²) in [5, 5.41) is 13.6. The van der Waals surface area contributed by atoms with Crippen molar-refractivity contribution in [2.75, 3.05) is 6.61 Å². The topological polar surface area (TPSA) is 45.4 Å². The van der Waals surface area contributed by atoms with Gasteiger partial charge < -0.3 is 14.8 Å². The van der Waals surface area contributed by atoms with Gasteiger partial charge >= 0.3 is 0 Å². The molecule has 1 unspecified atom stereocenters. The SMILES string of the molecule is CC[C@H](CO)NC(C)c1cc2cc(Br)ccc2o1. The summed E-state index contributed by atoms with van der Waals surface area (Å²) in [5.41, 5.74) is 0.888. The van der Waals surface area contributed by atoms with Gasteiger partial charge in [0.25, 0.3) is 0 Å². The smallest absolute Gasteiger partial charge is 0.134 e. The van der Waals surface area contributed by atoms with Crippen molar-refractivity contribution in [3.05, 3.63) is 34.5 Å². The maximum Gasteiger partial charge on any atom is 0.134 e. The van der Waals surface area contributed by atoms with E-state index in [4.69, 9.17) is 4.42 Å². The van der Waals surface area contributed by atoms with Crippen LogP contribution < -0.4 is 5.32 Å². The highest BCUT2D eigenvalue weighted by Crippen LogP contribution is 2.26. The van der Waals surface area contributed by atoms with Gasteiger partial charge in [0.1, 0.15) is 11.3 Å². The van der Waals surface area contributed by atoms with Crippen molar-refractivity contribution >= 4 is 26.9 Å². The maximum atomic E-state index is 9.20. The van der Waals surface area contributed by atoms with E-state index in [0.717, 1.165) is 27.6 Å². The molecule has 3 nitrogen and oxygen atoms in total. The lowest BCUT2D eigenvalue weighted by atomic mass is 10.1. The molecule has 0 spiro atoms. The van der Waals surface area contributed by atoms with Gasteiger partial charge in [-0.3, -0.25) is 0 Å². The molecular weight excluding hydrogens is 294 g/mol. The van der Waals surface area contributed by atoms with E-state index in [1.165, 1.54) is 0 Å². The average molecular weight is 312 g/mol. The molecule has 2 aromatic rings. The van der Waals surface area contributed by atoms with E-state index >= 15 is 0 Å². The Bertz CT molecular complexity index is 519. The Kier molecular flexibility index (Phi) is 4.43. The molecule has 1 aromatic carbocycles. The summed E-state index contributed by atoms with van der Waals surface area (Å²) in [4.78, 5) is 0. The van der Waals surface area contributed by atoms with Crippen molar-refractivity contribution in [3.8, 4) is 0 Å². The van der Waals surface area contributed by atoms with E-state index in [2.05, 4.69) is 28.2 Å². The second-order valence-electron chi connectivity index (χ2n) is 4.51. The highest BCUT2D eigenvalue weighted by atomic mass is 79.9. The number of hydrogen-bond acceptors (Lipinski definition) is 3. The normalized spacial score (nSPS) is 14.9. The summed E-state index contributed by atoms with van der Waals surface area (Å²) < 4.78 is 6.86. The molecule has 1 heterocycles. The molecule has 2 atom stereocenters. The van der Waals surface area contributed by atoms with Crippen LogP contribution in [0.3, 0.4) is 0 Å². The van der Waals surface area contributed by atoms with Gasteiger partial charge in [0.2, 0.25) is 0 Å². The van der Waals surface area contributed by atoms with Crippen molar-refractivity contribution in [2.24, 2.45) is 0 Å². The Morgan fingerprint density at radius 3 is 2.83 bits per heavy atom. The lowest BCUT2D eigenvalue weighted by Gasteiger charge is -2.18. The first-order chi connectivity index (χ1) is 8.63. The van der Waals surface area contributed by atoms with E-state index in [-0.39, 0.29) is 18.7 Å². The average Bonchev–Trinajstić information content (AvgIpc) is 2.78. The molecule has 98 valence electrons. The van der Waals surface area contributed by atoms with Crippen molar-refractivity contribution < 1.29 is 9.52 Å². The van der Waals surface area contributed by atoms with Crippen LogP contribution in [0.2, 0.25) is 0 Å². The van der Waals surface area contributed by atoms with Gasteiger partial charge in [-0.05, 0) is 37.6 Å². The number of benzene rings is 1. The molecule has 2 rings (SSSR count). The fourth-order valence-electron chi connectivity index (χ4n) is 1.98. The van der Waals surface area contributed by atoms with Gasteiger partial charge in [-0.25, -0.2) is 0 Å². The van der Waals surface area contributed by atoms with Crippen LogP contribution in [0.15, 0.2) is 33.2 Å². The first-order valence-electron chi connectivity index (χ1n) is 6.20. The van der Waals surface area contributed by atoms with E-state index in [0.29, 0.717) is 0 Å². The summed E-state index contributed by atoms with van der Waals surface area (Å²) in [5.74, 6) is 0.898. The number of furan rings is 1. The van der Waals surface area contributed by atoms with Crippen LogP contribution in [-0.4, -0.2) is 17.8 Å². The highest BCUT2D eigenvalue weighted by molar-refractivity contribution is 9.10. The van der Waals surface area contributed by atoms with Gasteiger partial charge in [0, 0.05) is 15.9 Å². The van der Waals surface area contributed by atoms with Crippen molar-refractivity contribution in [1.82, 2.24) is 5.32 Å². The van der Waals surface area contributed by atoms with Gasteiger partial charge in [0.15, 0.2) is 0 Å². The van der Waals surface area contributed by atoms with Crippen LogP contribution in [-0.2, 0) is 0 Å². The third-order valence-electron chi connectivity index (χ3n) is 3.12. The zero-order valence-corrected chi connectivity index (χ0v) is 12.2. The molecule has 0 radical (unpaired) electrons. The Balaban J connectivity index is 2.20. The second kappa shape index (κ2) is 5.87. The minimum absolute atomic E-state index is 0.0910. The van der Waals surface area contributed by atoms with Crippen LogP contribution >= 0.6 is 15.9 Å². The molecule has 2 N–H and O–H groups in total. The summed E-state index contributed by atoms with van der Waals surface area (Å²) in [6.45, 7) is 4.24. The zero-order valence-electron chi connectivity index (χ0n) is 10.6. The van der Waals surface area contributed by atoms with Crippen molar-refractivity contribution in [2.45, 2.75) is 32.4 Å². The van der Waals surface area contributed by atoms with Crippen LogP contribution in [0.4, 0.5) is 0 Å². The number of rotatable bonds is 5. The molecule has 0 aliphatic rings. The van der Waals surface area contributed by atoms with Crippen LogP contribution in [0, 0.1) is 0 Å². The molecule has 0 bridgehead atoms. The van der Waals surface area contributed by atoms with Crippen LogP contribution in [0.5, 0.6) is 0 Å².